The minimum absolute atomic E-state index is 0.183. The Balaban J connectivity index is 3.04. The molecule has 0 saturated heterocycles. The molecule has 0 aliphatic carbocycles. The third-order valence-corrected chi connectivity index (χ3v) is 3.01. The van der Waals surface area contributed by atoms with Crippen molar-refractivity contribution in [1.29, 1.82) is 0 Å². The largest absolute Gasteiger partial charge is 0.349 e. The molecule has 2 heterocycles. The molecule has 0 spiro atoms. The topological polar surface area (TPSA) is 47.8 Å². The molecule has 0 aromatic carbocycles. The molecule has 2 rings (SSSR count). The fraction of sp³-hybridized carbons (Fsp3) is 0.286. The van der Waals surface area contributed by atoms with Crippen molar-refractivity contribution in [2.45, 2.75) is 6.92 Å². The van der Waals surface area contributed by atoms with Crippen LogP contribution >= 0.6 is 22.9 Å². The maximum absolute atomic E-state index is 11.2. The standard InChI is InChI=1S/C7H6ClN3OS/c1-3-9-4-5(8)10-7(12)11(2)6(4)13-3/h1-2H3. The molecule has 0 radical (unpaired) electrons. The second kappa shape index (κ2) is 2.78. The van der Waals surface area contributed by atoms with Crippen molar-refractivity contribution in [3.8, 4) is 0 Å². The van der Waals surface area contributed by atoms with E-state index in [1.807, 2.05) is 6.92 Å². The lowest BCUT2D eigenvalue weighted by Gasteiger charge is -1.96. The number of aromatic nitrogens is 3. The van der Waals surface area contributed by atoms with Crippen LogP contribution in [0.1, 0.15) is 5.01 Å². The van der Waals surface area contributed by atoms with Crippen molar-refractivity contribution in [3.63, 3.8) is 0 Å². The van der Waals surface area contributed by atoms with Crippen molar-refractivity contribution >= 4 is 33.3 Å². The highest BCUT2D eigenvalue weighted by molar-refractivity contribution is 7.18. The minimum Gasteiger partial charge on any atom is -0.285 e. The van der Waals surface area contributed by atoms with E-state index in [4.69, 9.17) is 11.6 Å². The lowest BCUT2D eigenvalue weighted by atomic mass is 10.6. The van der Waals surface area contributed by atoms with Gasteiger partial charge in [0.25, 0.3) is 0 Å². The van der Waals surface area contributed by atoms with E-state index in [1.165, 1.54) is 15.9 Å². The maximum Gasteiger partial charge on any atom is 0.349 e. The summed E-state index contributed by atoms with van der Waals surface area (Å²) < 4.78 is 1.45. The molecule has 0 amide bonds. The lowest BCUT2D eigenvalue weighted by Crippen LogP contribution is -2.19. The van der Waals surface area contributed by atoms with Gasteiger partial charge in [0.2, 0.25) is 0 Å². The van der Waals surface area contributed by atoms with Crippen LogP contribution in [-0.4, -0.2) is 14.5 Å². The van der Waals surface area contributed by atoms with Gasteiger partial charge < -0.3 is 0 Å². The SMILES string of the molecule is Cc1nc2c(Cl)nc(=O)n(C)c2s1. The van der Waals surface area contributed by atoms with Crippen LogP contribution in [-0.2, 0) is 7.05 Å². The number of fused-ring (bicyclic) bond motifs is 1. The second-order valence-electron chi connectivity index (χ2n) is 2.63. The summed E-state index contributed by atoms with van der Waals surface area (Å²) in [5, 5.41) is 1.06. The Hall–Kier alpha value is -0.940. The molecule has 0 N–H and O–H groups in total. The molecular weight excluding hydrogens is 210 g/mol. The summed E-state index contributed by atoms with van der Waals surface area (Å²) in [5.74, 6) is 0. The number of nitrogens with zero attached hydrogens (tertiary/aromatic N) is 3. The Bertz CT molecular complexity index is 530. The summed E-state index contributed by atoms with van der Waals surface area (Å²) in [7, 11) is 1.66. The molecule has 0 bridgehead atoms. The van der Waals surface area contributed by atoms with Gasteiger partial charge in [0.1, 0.15) is 10.3 Å². The predicted molar refractivity (Wildman–Crippen MR) is 52.4 cm³/mol. The molecule has 0 atom stereocenters. The molecule has 2 aromatic heterocycles. The van der Waals surface area contributed by atoms with E-state index < -0.39 is 0 Å². The van der Waals surface area contributed by atoms with Crippen LogP contribution in [0.25, 0.3) is 10.3 Å². The average Bonchev–Trinajstić information content (AvgIpc) is 2.44. The van der Waals surface area contributed by atoms with E-state index in [9.17, 15) is 4.79 Å². The van der Waals surface area contributed by atoms with Crippen LogP contribution in [0.5, 0.6) is 0 Å². The fourth-order valence-corrected chi connectivity index (χ4v) is 2.21. The second-order valence-corrected chi connectivity index (χ2v) is 4.17. The molecule has 0 fully saturated rings. The summed E-state index contributed by atoms with van der Waals surface area (Å²) >= 11 is 7.20. The fourth-order valence-electron chi connectivity index (χ4n) is 1.08. The lowest BCUT2D eigenvalue weighted by molar-refractivity contribution is 0.858. The molecule has 0 unspecified atom stereocenters. The van der Waals surface area contributed by atoms with Crippen molar-refractivity contribution in [2.75, 3.05) is 0 Å². The highest BCUT2D eigenvalue weighted by Gasteiger charge is 2.10. The first-order chi connectivity index (χ1) is 6.09. The van der Waals surface area contributed by atoms with Crippen LogP contribution in [0.3, 0.4) is 0 Å². The highest BCUT2D eigenvalue weighted by Crippen LogP contribution is 2.23. The zero-order chi connectivity index (χ0) is 9.59. The van der Waals surface area contributed by atoms with E-state index in [-0.39, 0.29) is 10.8 Å². The summed E-state index contributed by atoms with van der Waals surface area (Å²) in [4.78, 5) is 19.8. The maximum atomic E-state index is 11.2. The van der Waals surface area contributed by atoms with E-state index >= 15 is 0 Å². The molecule has 0 aliphatic rings. The van der Waals surface area contributed by atoms with Crippen molar-refractivity contribution in [3.05, 3.63) is 20.6 Å². The summed E-state index contributed by atoms with van der Waals surface area (Å²) in [5.41, 5.74) is 0.257. The van der Waals surface area contributed by atoms with Crippen molar-refractivity contribution in [1.82, 2.24) is 14.5 Å². The smallest absolute Gasteiger partial charge is 0.285 e. The normalized spacial score (nSPS) is 11.0. The van der Waals surface area contributed by atoms with Gasteiger partial charge >= 0.3 is 5.69 Å². The van der Waals surface area contributed by atoms with Crippen LogP contribution in [0.2, 0.25) is 5.15 Å². The van der Waals surface area contributed by atoms with Gasteiger partial charge in [-0.2, -0.15) is 4.98 Å². The van der Waals surface area contributed by atoms with Gasteiger partial charge in [-0.05, 0) is 6.92 Å². The van der Waals surface area contributed by atoms with Crippen LogP contribution in [0, 0.1) is 6.92 Å². The van der Waals surface area contributed by atoms with Crippen LogP contribution in [0.4, 0.5) is 0 Å². The number of thiazole rings is 1. The Kier molecular flexibility index (Phi) is 1.85. The van der Waals surface area contributed by atoms with Gasteiger partial charge in [-0.3, -0.25) is 4.57 Å². The van der Waals surface area contributed by atoms with E-state index in [1.54, 1.807) is 7.05 Å². The predicted octanol–water partition coefficient (Wildman–Crippen LogP) is 1.35. The third-order valence-electron chi connectivity index (χ3n) is 1.70. The van der Waals surface area contributed by atoms with Gasteiger partial charge in [-0.15, -0.1) is 11.3 Å². The number of aryl methyl sites for hydroxylation is 2. The zero-order valence-electron chi connectivity index (χ0n) is 7.04. The Morgan fingerprint density at radius 2 is 2.15 bits per heavy atom. The van der Waals surface area contributed by atoms with Crippen molar-refractivity contribution < 1.29 is 0 Å². The third kappa shape index (κ3) is 1.24. The van der Waals surface area contributed by atoms with Crippen LogP contribution in [0.15, 0.2) is 4.79 Å². The molecule has 2 aromatic rings. The van der Waals surface area contributed by atoms with Gasteiger partial charge in [0.05, 0.1) is 5.01 Å². The van der Waals surface area contributed by atoms with Gasteiger partial charge in [-0.1, -0.05) is 11.6 Å². The molecule has 6 heteroatoms. The summed E-state index contributed by atoms with van der Waals surface area (Å²) in [6, 6.07) is 0. The number of rotatable bonds is 0. The van der Waals surface area contributed by atoms with E-state index in [0.717, 1.165) is 9.84 Å². The van der Waals surface area contributed by atoms with Crippen LogP contribution < -0.4 is 5.69 Å². The first-order valence-electron chi connectivity index (χ1n) is 3.59. The molecule has 13 heavy (non-hydrogen) atoms. The molecule has 68 valence electrons. The monoisotopic (exact) mass is 215 g/mol. The molecule has 4 nitrogen and oxygen atoms in total. The first-order valence-corrected chi connectivity index (χ1v) is 4.78. The quantitative estimate of drug-likeness (QED) is 0.624. The average molecular weight is 216 g/mol. The minimum atomic E-state index is -0.346. The van der Waals surface area contributed by atoms with E-state index in [2.05, 4.69) is 9.97 Å². The Morgan fingerprint density at radius 1 is 1.46 bits per heavy atom. The summed E-state index contributed by atoms with van der Waals surface area (Å²) in [6.45, 7) is 1.87. The number of hydrogen-bond donors (Lipinski definition) is 0. The number of hydrogen-bond acceptors (Lipinski definition) is 4. The van der Waals surface area contributed by atoms with Gasteiger partial charge in [0.15, 0.2) is 5.15 Å². The zero-order valence-corrected chi connectivity index (χ0v) is 8.61. The molecule has 0 saturated carbocycles. The Labute approximate surface area is 82.8 Å². The first kappa shape index (κ1) is 8.65. The van der Waals surface area contributed by atoms with Gasteiger partial charge in [-0.25, -0.2) is 9.78 Å². The summed E-state index contributed by atoms with van der Waals surface area (Å²) in [6.07, 6.45) is 0. The highest BCUT2D eigenvalue weighted by atomic mass is 35.5. The van der Waals surface area contributed by atoms with Gasteiger partial charge in [0, 0.05) is 7.05 Å². The number of halogens is 1. The Morgan fingerprint density at radius 3 is 2.85 bits per heavy atom. The molecule has 0 aliphatic heterocycles. The van der Waals surface area contributed by atoms with Crippen molar-refractivity contribution in [2.24, 2.45) is 7.05 Å². The molecular formula is C7H6ClN3OS. The van der Waals surface area contributed by atoms with E-state index in [0.29, 0.717) is 5.52 Å².